The number of ether oxygens (including phenoxy) is 1. The van der Waals surface area contributed by atoms with Crippen molar-refractivity contribution in [2.75, 3.05) is 12.4 Å². The second-order valence-electron chi connectivity index (χ2n) is 9.11. The molecule has 0 fully saturated rings. The molecule has 3 heterocycles. The standard InChI is InChI=1S/C26H29N3O3S/c1-16(2)23-21-8-6-14-28(21)24-20(19-7-4-5-9-22(19)33-24)15-29(23)26(31)27-18-12-10-17(11-13-18)25(30)32-3/h6,8,10-14,16,23H,4-5,7,9,15H2,1-3H3,(H,27,31)/t23-/m0/s1. The van der Waals surface area contributed by atoms with E-state index in [4.69, 9.17) is 4.74 Å². The summed E-state index contributed by atoms with van der Waals surface area (Å²) in [5, 5.41) is 4.33. The largest absolute Gasteiger partial charge is 0.465 e. The lowest BCUT2D eigenvalue weighted by Gasteiger charge is -2.33. The molecule has 0 bridgehead atoms. The summed E-state index contributed by atoms with van der Waals surface area (Å²) in [7, 11) is 1.36. The Balaban J connectivity index is 1.51. The molecule has 0 unspecified atom stereocenters. The lowest BCUT2D eigenvalue weighted by Crippen LogP contribution is -2.39. The van der Waals surface area contributed by atoms with Crippen LogP contribution in [-0.4, -0.2) is 28.6 Å². The number of thiophene rings is 1. The average molecular weight is 464 g/mol. The van der Waals surface area contributed by atoms with E-state index in [2.05, 4.69) is 42.1 Å². The Labute approximate surface area is 198 Å². The number of nitrogens with zero attached hydrogens (tertiary/aromatic N) is 2. The van der Waals surface area contributed by atoms with Gasteiger partial charge in [-0.2, -0.15) is 0 Å². The molecular formula is C26H29N3O3S. The molecule has 0 saturated carbocycles. The van der Waals surface area contributed by atoms with Crippen LogP contribution in [-0.2, 0) is 24.1 Å². The van der Waals surface area contributed by atoms with Crippen LogP contribution in [0.25, 0.3) is 5.00 Å². The van der Waals surface area contributed by atoms with Crippen LogP contribution in [0.4, 0.5) is 10.5 Å². The van der Waals surface area contributed by atoms with Crippen LogP contribution in [0.2, 0.25) is 0 Å². The predicted molar refractivity (Wildman–Crippen MR) is 130 cm³/mol. The monoisotopic (exact) mass is 463 g/mol. The van der Waals surface area contributed by atoms with E-state index in [-0.39, 0.29) is 18.0 Å². The number of methoxy groups -OCH3 is 1. The van der Waals surface area contributed by atoms with Gasteiger partial charge in [0.1, 0.15) is 5.00 Å². The molecule has 0 saturated heterocycles. The van der Waals surface area contributed by atoms with Gasteiger partial charge in [0, 0.05) is 28.0 Å². The van der Waals surface area contributed by atoms with Gasteiger partial charge in [-0.25, -0.2) is 9.59 Å². The number of carbonyl (C=O) groups is 2. The summed E-state index contributed by atoms with van der Waals surface area (Å²) in [6, 6.07) is 10.9. The van der Waals surface area contributed by atoms with Gasteiger partial charge in [-0.3, -0.25) is 0 Å². The second-order valence-corrected chi connectivity index (χ2v) is 10.2. The van der Waals surface area contributed by atoms with E-state index >= 15 is 0 Å². The van der Waals surface area contributed by atoms with Crippen molar-refractivity contribution < 1.29 is 14.3 Å². The Kier molecular flexibility index (Phi) is 5.74. The first-order valence-corrected chi connectivity index (χ1v) is 12.4. The Bertz CT molecular complexity index is 1190. The molecule has 5 rings (SSSR count). The van der Waals surface area contributed by atoms with Crippen molar-refractivity contribution in [2.45, 2.75) is 52.1 Å². The maximum atomic E-state index is 13.7. The average Bonchev–Trinajstić information content (AvgIpc) is 3.40. The molecule has 1 aliphatic carbocycles. The SMILES string of the molecule is COC(=O)c1ccc(NC(=O)N2Cc3c(sc4c3CCCC4)-n3cccc3[C@@H]2C(C)C)cc1. The first-order valence-electron chi connectivity index (χ1n) is 11.5. The molecule has 2 aromatic heterocycles. The highest BCUT2D eigenvalue weighted by Gasteiger charge is 2.36. The number of rotatable bonds is 3. The highest BCUT2D eigenvalue weighted by Crippen LogP contribution is 2.44. The lowest BCUT2D eigenvalue weighted by molar-refractivity contribution is 0.0600. The molecule has 1 N–H and O–H groups in total. The molecule has 7 heteroatoms. The maximum absolute atomic E-state index is 13.7. The third-order valence-electron chi connectivity index (χ3n) is 6.68. The van der Waals surface area contributed by atoms with Crippen molar-refractivity contribution in [3.63, 3.8) is 0 Å². The summed E-state index contributed by atoms with van der Waals surface area (Å²) in [5.41, 5.74) is 5.01. The summed E-state index contributed by atoms with van der Waals surface area (Å²) in [5.74, 6) is -0.147. The van der Waals surface area contributed by atoms with Crippen LogP contribution in [0.3, 0.4) is 0 Å². The van der Waals surface area contributed by atoms with E-state index in [1.807, 2.05) is 16.2 Å². The molecule has 1 aromatic carbocycles. The van der Waals surface area contributed by atoms with Crippen LogP contribution < -0.4 is 5.32 Å². The van der Waals surface area contributed by atoms with Crippen molar-refractivity contribution in [3.8, 4) is 5.00 Å². The third kappa shape index (κ3) is 3.84. The van der Waals surface area contributed by atoms with Gasteiger partial charge in [0.15, 0.2) is 0 Å². The fraction of sp³-hybridized carbons (Fsp3) is 0.385. The molecule has 2 amide bonds. The molecule has 6 nitrogen and oxygen atoms in total. The van der Waals surface area contributed by atoms with Crippen LogP contribution in [0.15, 0.2) is 42.6 Å². The molecule has 172 valence electrons. The number of hydrogen-bond donors (Lipinski definition) is 1. The number of aromatic nitrogens is 1. The zero-order valence-electron chi connectivity index (χ0n) is 19.3. The maximum Gasteiger partial charge on any atom is 0.337 e. The van der Waals surface area contributed by atoms with Crippen molar-refractivity contribution in [1.29, 1.82) is 0 Å². The molecule has 33 heavy (non-hydrogen) atoms. The highest BCUT2D eigenvalue weighted by atomic mass is 32.1. The number of benzene rings is 1. The van der Waals surface area contributed by atoms with Crippen LogP contribution in [0, 0.1) is 5.92 Å². The Morgan fingerprint density at radius 3 is 2.58 bits per heavy atom. The molecule has 2 aliphatic rings. The van der Waals surface area contributed by atoms with E-state index < -0.39 is 5.97 Å². The van der Waals surface area contributed by atoms with Crippen LogP contribution >= 0.6 is 11.3 Å². The lowest BCUT2D eigenvalue weighted by atomic mass is 9.94. The molecule has 0 spiro atoms. The first-order chi connectivity index (χ1) is 16.0. The van der Waals surface area contributed by atoms with Gasteiger partial charge in [-0.15, -0.1) is 11.3 Å². The van der Waals surface area contributed by atoms with Crippen LogP contribution in [0.5, 0.6) is 0 Å². The zero-order valence-corrected chi connectivity index (χ0v) is 20.1. The number of carbonyl (C=O) groups excluding carboxylic acids is 2. The second kappa shape index (κ2) is 8.71. The Morgan fingerprint density at radius 1 is 1.09 bits per heavy atom. The van der Waals surface area contributed by atoms with Crippen molar-refractivity contribution >= 4 is 29.0 Å². The minimum Gasteiger partial charge on any atom is -0.465 e. The number of hydrogen-bond acceptors (Lipinski definition) is 4. The number of urea groups is 1. The van der Waals surface area contributed by atoms with Gasteiger partial charge in [0.05, 0.1) is 25.3 Å². The van der Waals surface area contributed by atoms with Crippen molar-refractivity contribution in [2.24, 2.45) is 5.92 Å². The third-order valence-corrected chi connectivity index (χ3v) is 8.01. The van der Waals surface area contributed by atoms with E-state index in [1.54, 1.807) is 24.3 Å². The van der Waals surface area contributed by atoms with Crippen molar-refractivity contribution in [3.05, 3.63) is 69.9 Å². The number of anilines is 1. The van der Waals surface area contributed by atoms with E-state index in [0.717, 1.165) is 18.5 Å². The fourth-order valence-corrected chi connectivity index (χ4v) is 6.53. The first kappa shape index (κ1) is 21.8. The van der Waals surface area contributed by atoms with Crippen molar-refractivity contribution in [1.82, 2.24) is 9.47 Å². The molecule has 1 atom stereocenters. The minimum atomic E-state index is -0.393. The number of fused-ring (bicyclic) bond motifs is 5. The van der Waals surface area contributed by atoms with Crippen LogP contribution in [0.1, 0.15) is 64.8 Å². The van der Waals surface area contributed by atoms with Gasteiger partial charge in [-0.05, 0) is 73.6 Å². The molecule has 3 aromatic rings. The topological polar surface area (TPSA) is 63.6 Å². The van der Waals surface area contributed by atoms with E-state index in [9.17, 15) is 9.59 Å². The predicted octanol–water partition coefficient (Wildman–Crippen LogP) is 5.95. The summed E-state index contributed by atoms with van der Waals surface area (Å²) in [4.78, 5) is 28.9. The normalized spacial score (nSPS) is 17.1. The highest BCUT2D eigenvalue weighted by molar-refractivity contribution is 7.15. The molecule has 1 aliphatic heterocycles. The smallest absolute Gasteiger partial charge is 0.337 e. The van der Waals surface area contributed by atoms with E-state index in [1.165, 1.54) is 41.0 Å². The van der Waals surface area contributed by atoms with E-state index in [0.29, 0.717) is 17.8 Å². The van der Waals surface area contributed by atoms with Gasteiger partial charge < -0.3 is 19.5 Å². The number of aryl methyl sites for hydroxylation is 1. The number of nitrogens with one attached hydrogen (secondary N) is 1. The van der Waals surface area contributed by atoms with Gasteiger partial charge in [-0.1, -0.05) is 13.8 Å². The summed E-state index contributed by atoms with van der Waals surface area (Å²) in [6.45, 7) is 4.93. The Morgan fingerprint density at radius 2 is 1.85 bits per heavy atom. The number of amides is 2. The quantitative estimate of drug-likeness (QED) is 0.488. The van der Waals surface area contributed by atoms with Gasteiger partial charge in [0.25, 0.3) is 0 Å². The fourth-order valence-electron chi connectivity index (χ4n) is 5.13. The summed E-state index contributed by atoms with van der Waals surface area (Å²) in [6.07, 6.45) is 6.81. The summed E-state index contributed by atoms with van der Waals surface area (Å²) < 4.78 is 7.07. The zero-order chi connectivity index (χ0) is 23.1. The van der Waals surface area contributed by atoms with Gasteiger partial charge in [0.2, 0.25) is 0 Å². The van der Waals surface area contributed by atoms with Gasteiger partial charge >= 0.3 is 12.0 Å². The summed E-state index contributed by atoms with van der Waals surface area (Å²) >= 11 is 1.90. The number of esters is 1. The Hall–Kier alpha value is -3.06. The molecular weight excluding hydrogens is 434 g/mol. The molecule has 0 radical (unpaired) electrons. The minimum absolute atomic E-state index is 0.0480.